The van der Waals surface area contributed by atoms with Crippen LogP contribution in [0.15, 0.2) is 59.3 Å². The molecule has 40 heavy (non-hydrogen) atoms. The van der Waals surface area contributed by atoms with Crippen LogP contribution in [0.2, 0.25) is 0 Å². The first-order valence-corrected chi connectivity index (χ1v) is 14.4. The molecule has 0 heterocycles. The third-order valence-electron chi connectivity index (χ3n) is 6.22. The summed E-state index contributed by atoms with van der Waals surface area (Å²) < 4.78 is 5.41. The Morgan fingerprint density at radius 2 is 1.95 bits per heavy atom. The van der Waals surface area contributed by atoms with E-state index in [0.29, 0.717) is 34.2 Å². The van der Waals surface area contributed by atoms with Gasteiger partial charge in [-0.25, -0.2) is 4.99 Å². The Hall–Kier alpha value is -3.37. The molecule has 0 saturated carbocycles. The number of carbonyl (C=O) groups is 3. The van der Waals surface area contributed by atoms with E-state index >= 15 is 0 Å². The smallest absolute Gasteiger partial charge is 0.244 e. The average Bonchev–Trinajstić information content (AvgIpc) is 2.92. The van der Waals surface area contributed by atoms with Crippen LogP contribution in [0.4, 0.5) is 0 Å². The maximum absolute atomic E-state index is 13.0. The van der Waals surface area contributed by atoms with Gasteiger partial charge in [-0.05, 0) is 49.0 Å². The van der Waals surface area contributed by atoms with Crippen molar-refractivity contribution in [3.8, 4) is 5.75 Å². The van der Waals surface area contributed by atoms with E-state index in [0.717, 1.165) is 6.42 Å². The summed E-state index contributed by atoms with van der Waals surface area (Å²) in [5.41, 5.74) is 2.92. The maximum Gasteiger partial charge on any atom is 0.244 e. The minimum atomic E-state index is -0.809. The number of amides is 2. The number of nitrogens with zero attached hydrogens (tertiary/aromatic N) is 1. The summed E-state index contributed by atoms with van der Waals surface area (Å²) in [6.45, 7) is 13.3. The van der Waals surface area contributed by atoms with Gasteiger partial charge in [0, 0.05) is 22.1 Å². The van der Waals surface area contributed by atoms with Gasteiger partial charge < -0.3 is 20.2 Å². The van der Waals surface area contributed by atoms with Crippen LogP contribution in [0.3, 0.4) is 0 Å². The second-order valence-electron chi connectivity index (χ2n) is 10.3. The van der Waals surface area contributed by atoms with Crippen molar-refractivity contribution in [3.05, 3.63) is 65.4 Å². The van der Waals surface area contributed by atoms with Crippen molar-refractivity contribution in [3.63, 3.8) is 0 Å². The number of methoxy groups -OCH3 is 1. The molecule has 2 atom stereocenters. The lowest BCUT2D eigenvalue weighted by atomic mass is 9.97. The lowest BCUT2D eigenvalue weighted by Gasteiger charge is -2.22. The van der Waals surface area contributed by atoms with Crippen molar-refractivity contribution in [2.45, 2.75) is 58.8 Å². The molecule has 1 aliphatic rings. The summed E-state index contributed by atoms with van der Waals surface area (Å²) in [5, 5.41) is 5.73. The van der Waals surface area contributed by atoms with Gasteiger partial charge in [0.1, 0.15) is 11.8 Å². The average molecular weight is 571 g/mol. The molecule has 0 aromatic heterocycles. The summed E-state index contributed by atoms with van der Waals surface area (Å²) in [4.78, 5) is 47.4. The Labute approximate surface area is 241 Å². The zero-order chi connectivity index (χ0) is 29.8. The van der Waals surface area contributed by atoms with Crippen molar-refractivity contribution >= 4 is 35.3 Å². The Morgan fingerprint density at radius 1 is 1.23 bits per heavy atom. The highest BCUT2D eigenvalue weighted by molar-refractivity contribution is 8.00. The van der Waals surface area contributed by atoms with Gasteiger partial charge in [-0.3, -0.25) is 14.4 Å². The van der Waals surface area contributed by atoms with Crippen LogP contribution in [0.5, 0.6) is 5.75 Å². The number of benzene rings is 1. The lowest BCUT2D eigenvalue weighted by Crippen LogP contribution is -2.51. The minimum absolute atomic E-state index is 0.0596. The summed E-state index contributed by atoms with van der Waals surface area (Å²) in [6, 6.07) is 4.27. The molecule has 4 N–H and O–H groups in total. The molecule has 2 rings (SSSR count). The van der Waals surface area contributed by atoms with Gasteiger partial charge in [0.25, 0.3) is 0 Å². The largest absolute Gasteiger partial charge is 0.496 e. The Balaban J connectivity index is 1.95. The predicted octanol–water partition coefficient (Wildman–Crippen LogP) is 3.88. The van der Waals surface area contributed by atoms with Gasteiger partial charge >= 0.3 is 0 Å². The van der Waals surface area contributed by atoms with Gasteiger partial charge in [0.2, 0.25) is 17.7 Å². The molecule has 0 saturated heterocycles. The van der Waals surface area contributed by atoms with Gasteiger partial charge in [0.15, 0.2) is 5.78 Å². The normalized spacial score (nSPS) is 15.9. The number of hydrogen-bond acceptors (Lipinski definition) is 8. The molecule has 0 fully saturated rings. The molecule has 0 radical (unpaired) electrons. The molecule has 9 nitrogen and oxygen atoms in total. The van der Waals surface area contributed by atoms with Gasteiger partial charge in [-0.1, -0.05) is 52.5 Å². The summed E-state index contributed by atoms with van der Waals surface area (Å²) >= 11 is 1.56. The van der Waals surface area contributed by atoms with Crippen molar-refractivity contribution in [1.82, 2.24) is 10.6 Å². The molecule has 1 aromatic rings. The Bertz CT molecular complexity index is 1170. The molecule has 1 unspecified atom stereocenters. The van der Waals surface area contributed by atoms with E-state index in [4.69, 9.17) is 15.5 Å². The highest BCUT2D eigenvalue weighted by Crippen LogP contribution is 2.25. The van der Waals surface area contributed by atoms with Crippen LogP contribution < -0.4 is 21.3 Å². The molecule has 10 heteroatoms. The highest BCUT2D eigenvalue weighted by Gasteiger charge is 2.25. The SMILES string of the molecule is C=C(C)N=C(ON)c1ccc(OC)c(CC(=O)N[C@H](C(=O)NCC(=O)CSC2C=CC(C(C)C)=CC2)C(C)C)c1. The van der Waals surface area contributed by atoms with E-state index in [1.54, 1.807) is 36.9 Å². The number of aliphatic imine (C=N–C) groups is 1. The van der Waals surface area contributed by atoms with Crippen LogP contribution in [-0.2, 0) is 25.6 Å². The van der Waals surface area contributed by atoms with Crippen LogP contribution in [0.25, 0.3) is 0 Å². The topological polar surface area (TPSA) is 132 Å². The van der Waals surface area contributed by atoms with Crippen LogP contribution >= 0.6 is 11.8 Å². The van der Waals surface area contributed by atoms with E-state index in [1.807, 2.05) is 13.8 Å². The summed E-state index contributed by atoms with van der Waals surface area (Å²) in [6.07, 6.45) is 7.32. The lowest BCUT2D eigenvalue weighted by molar-refractivity contribution is -0.130. The highest BCUT2D eigenvalue weighted by atomic mass is 32.2. The van der Waals surface area contributed by atoms with E-state index in [2.05, 4.69) is 54.3 Å². The van der Waals surface area contributed by atoms with E-state index < -0.39 is 11.9 Å². The van der Waals surface area contributed by atoms with Crippen LogP contribution in [0.1, 0.15) is 52.2 Å². The van der Waals surface area contributed by atoms with Crippen LogP contribution in [0, 0.1) is 11.8 Å². The van der Waals surface area contributed by atoms with E-state index in [1.165, 1.54) is 12.7 Å². The Morgan fingerprint density at radius 3 is 2.50 bits per heavy atom. The van der Waals surface area contributed by atoms with E-state index in [9.17, 15) is 14.4 Å². The molecule has 0 spiro atoms. The molecule has 1 aliphatic carbocycles. The third kappa shape index (κ3) is 10.3. The summed E-state index contributed by atoms with van der Waals surface area (Å²) in [7, 11) is 1.50. The number of rotatable bonds is 14. The monoisotopic (exact) mass is 570 g/mol. The number of thioether (sulfide) groups is 1. The molecule has 2 amide bonds. The number of hydrogen-bond donors (Lipinski definition) is 3. The zero-order valence-corrected chi connectivity index (χ0v) is 25.1. The number of nitrogens with one attached hydrogen (secondary N) is 2. The molecule has 0 bridgehead atoms. The van der Waals surface area contributed by atoms with Gasteiger partial charge in [-0.2, -0.15) is 5.90 Å². The zero-order valence-electron chi connectivity index (χ0n) is 24.3. The fraction of sp³-hybridized carbons (Fsp3) is 0.467. The van der Waals surface area contributed by atoms with Crippen molar-refractivity contribution < 1.29 is 24.0 Å². The maximum atomic E-state index is 13.0. The number of Topliss-reactive ketones (excluding diaryl/α,β-unsaturated/α-hetero) is 1. The van der Waals surface area contributed by atoms with Crippen molar-refractivity contribution in [2.75, 3.05) is 19.4 Å². The molecule has 0 aliphatic heterocycles. The Kier molecular flexibility index (Phi) is 13.2. The minimum Gasteiger partial charge on any atom is -0.496 e. The quantitative estimate of drug-likeness (QED) is 0.176. The summed E-state index contributed by atoms with van der Waals surface area (Å²) in [5.74, 6) is 5.74. The second-order valence-corrected chi connectivity index (χ2v) is 11.5. The standard InChI is InChI=1S/C30H42N4O5S/c1-18(2)21-8-11-25(12-9-21)40-17-24(35)16-32-29(37)28(19(3)4)34-27(36)15-23-14-22(10-13-26(23)38-7)30(39-31)33-20(5)6/h8-11,13-14,18-19,25,28H,5,12,15-17,31H2,1-4,6-7H3,(H,32,37)(H,34,36)/t25?,28-/m0/s1. The first-order valence-electron chi connectivity index (χ1n) is 13.3. The number of allylic oxidation sites excluding steroid dienone is 4. The molecular weight excluding hydrogens is 528 g/mol. The van der Waals surface area contributed by atoms with E-state index in [-0.39, 0.29) is 41.7 Å². The van der Waals surface area contributed by atoms with Gasteiger partial charge in [-0.15, -0.1) is 11.8 Å². The second kappa shape index (κ2) is 16.0. The number of ketones is 1. The molecule has 218 valence electrons. The van der Waals surface area contributed by atoms with Gasteiger partial charge in [0.05, 0.1) is 25.8 Å². The molecule has 1 aromatic carbocycles. The van der Waals surface area contributed by atoms with Crippen molar-refractivity contribution in [1.29, 1.82) is 0 Å². The van der Waals surface area contributed by atoms with Crippen molar-refractivity contribution in [2.24, 2.45) is 22.7 Å². The first-order chi connectivity index (χ1) is 18.9. The third-order valence-corrected chi connectivity index (χ3v) is 7.49. The molecular formula is C30H42N4O5S. The number of nitrogens with two attached hydrogens (primary N) is 1. The predicted molar refractivity (Wildman–Crippen MR) is 161 cm³/mol. The fourth-order valence-corrected chi connectivity index (χ4v) is 4.95. The number of carbonyl (C=O) groups excluding carboxylic acids is 3. The fourth-order valence-electron chi connectivity index (χ4n) is 4.03. The van der Waals surface area contributed by atoms with Crippen LogP contribution in [-0.4, -0.2) is 54.2 Å². The first kappa shape index (κ1) is 32.8. The number of ether oxygens (including phenoxy) is 1.